The summed E-state index contributed by atoms with van der Waals surface area (Å²) in [6, 6.07) is 4.13. The molecule has 0 radical (unpaired) electrons. The summed E-state index contributed by atoms with van der Waals surface area (Å²) >= 11 is 6.17. The summed E-state index contributed by atoms with van der Waals surface area (Å²) in [6.45, 7) is 4.83. The summed E-state index contributed by atoms with van der Waals surface area (Å²) in [7, 11) is 1.71. The normalized spacial score (nSPS) is 18.0. The monoisotopic (exact) mass is 268 g/mol. The largest absolute Gasteiger partial charge is 0.496 e. The molecule has 100 valence electrons. The molecule has 0 bridgehead atoms. The Morgan fingerprint density at radius 3 is 2.61 bits per heavy atom. The number of hydrogen-bond acceptors (Lipinski definition) is 3. The zero-order valence-corrected chi connectivity index (χ0v) is 11.8. The van der Waals surface area contributed by atoms with Crippen LogP contribution in [0.25, 0.3) is 0 Å². The van der Waals surface area contributed by atoms with Crippen molar-refractivity contribution >= 4 is 11.6 Å². The fourth-order valence-corrected chi connectivity index (χ4v) is 3.09. The average molecular weight is 269 g/mol. The summed E-state index contributed by atoms with van der Waals surface area (Å²) in [5.41, 5.74) is 8.15. The van der Waals surface area contributed by atoms with Crippen molar-refractivity contribution in [1.29, 1.82) is 0 Å². The third-order valence-corrected chi connectivity index (χ3v) is 3.85. The zero-order chi connectivity index (χ0) is 13.1. The molecular formula is C14H21ClN2O. The van der Waals surface area contributed by atoms with Crippen LogP contribution in [0.5, 0.6) is 5.75 Å². The van der Waals surface area contributed by atoms with Crippen LogP contribution in [-0.4, -0.2) is 31.6 Å². The maximum atomic E-state index is 6.17. The van der Waals surface area contributed by atoms with Crippen LogP contribution < -0.4 is 10.5 Å². The van der Waals surface area contributed by atoms with Crippen LogP contribution in [-0.2, 0) is 0 Å². The van der Waals surface area contributed by atoms with Gasteiger partial charge in [-0.05, 0) is 50.6 Å². The van der Waals surface area contributed by atoms with Crippen LogP contribution in [0.15, 0.2) is 12.1 Å². The van der Waals surface area contributed by atoms with Gasteiger partial charge in [-0.15, -0.1) is 0 Å². The molecule has 0 aromatic heterocycles. The number of ether oxygens (including phenoxy) is 1. The second kappa shape index (κ2) is 5.91. The Labute approximate surface area is 114 Å². The van der Waals surface area contributed by atoms with E-state index in [0.29, 0.717) is 6.54 Å². The maximum absolute atomic E-state index is 6.17. The number of rotatable bonds is 4. The van der Waals surface area contributed by atoms with E-state index in [4.69, 9.17) is 22.1 Å². The number of nitrogens with zero attached hydrogens (tertiary/aromatic N) is 1. The van der Waals surface area contributed by atoms with Crippen LogP contribution in [0, 0.1) is 6.92 Å². The third kappa shape index (κ3) is 2.63. The maximum Gasteiger partial charge on any atom is 0.126 e. The van der Waals surface area contributed by atoms with E-state index in [9.17, 15) is 0 Å². The summed E-state index contributed by atoms with van der Waals surface area (Å²) in [5.74, 6) is 0.918. The molecule has 18 heavy (non-hydrogen) atoms. The van der Waals surface area contributed by atoms with Gasteiger partial charge in [0.05, 0.1) is 13.2 Å². The second-order valence-corrected chi connectivity index (χ2v) is 5.28. The molecule has 1 aromatic rings. The highest BCUT2D eigenvalue weighted by Crippen LogP contribution is 2.35. The van der Waals surface area contributed by atoms with E-state index >= 15 is 0 Å². The molecular weight excluding hydrogens is 248 g/mol. The molecule has 0 amide bonds. The van der Waals surface area contributed by atoms with Crippen LogP contribution >= 0.6 is 11.6 Å². The van der Waals surface area contributed by atoms with Crippen molar-refractivity contribution in [2.75, 3.05) is 26.7 Å². The number of likely N-dealkylation sites (tertiary alicyclic amines) is 1. The van der Waals surface area contributed by atoms with Gasteiger partial charge in [0.1, 0.15) is 5.75 Å². The van der Waals surface area contributed by atoms with E-state index in [2.05, 4.69) is 4.90 Å². The van der Waals surface area contributed by atoms with Crippen molar-refractivity contribution in [3.8, 4) is 5.75 Å². The van der Waals surface area contributed by atoms with Gasteiger partial charge < -0.3 is 10.5 Å². The van der Waals surface area contributed by atoms with Gasteiger partial charge in [0, 0.05) is 17.1 Å². The molecule has 1 heterocycles. The Balaban J connectivity index is 2.39. The number of aryl methyl sites for hydroxylation is 1. The van der Waals surface area contributed by atoms with Gasteiger partial charge in [0.15, 0.2) is 0 Å². The standard InChI is InChI=1S/C14H21ClN2O/c1-10-7-11(15)8-12(14(10)18-2)13(9-16)17-5-3-4-6-17/h7-8,13H,3-6,9,16H2,1-2H3. The molecule has 1 aliphatic rings. The van der Waals surface area contributed by atoms with E-state index in [-0.39, 0.29) is 6.04 Å². The molecule has 4 heteroatoms. The van der Waals surface area contributed by atoms with Gasteiger partial charge in [0.25, 0.3) is 0 Å². The van der Waals surface area contributed by atoms with Crippen LogP contribution in [0.4, 0.5) is 0 Å². The lowest BCUT2D eigenvalue weighted by molar-refractivity contribution is 0.245. The highest BCUT2D eigenvalue weighted by atomic mass is 35.5. The van der Waals surface area contributed by atoms with E-state index in [1.165, 1.54) is 12.8 Å². The van der Waals surface area contributed by atoms with Gasteiger partial charge in [-0.3, -0.25) is 4.90 Å². The Morgan fingerprint density at radius 2 is 2.06 bits per heavy atom. The molecule has 2 rings (SSSR count). The predicted octanol–water partition coefficient (Wildman–Crippen LogP) is 2.75. The van der Waals surface area contributed by atoms with Gasteiger partial charge in [-0.1, -0.05) is 11.6 Å². The molecule has 1 aliphatic heterocycles. The molecule has 0 spiro atoms. The minimum Gasteiger partial charge on any atom is -0.496 e. The molecule has 2 N–H and O–H groups in total. The lowest BCUT2D eigenvalue weighted by Gasteiger charge is -2.28. The van der Waals surface area contributed by atoms with E-state index in [1.807, 2.05) is 19.1 Å². The summed E-state index contributed by atoms with van der Waals surface area (Å²) in [4.78, 5) is 2.42. The Morgan fingerprint density at radius 1 is 1.39 bits per heavy atom. The number of hydrogen-bond donors (Lipinski definition) is 1. The van der Waals surface area contributed by atoms with Crippen LogP contribution in [0.2, 0.25) is 5.02 Å². The van der Waals surface area contributed by atoms with Gasteiger partial charge in [-0.25, -0.2) is 0 Å². The predicted molar refractivity (Wildman–Crippen MR) is 75.3 cm³/mol. The van der Waals surface area contributed by atoms with Crippen molar-refractivity contribution in [3.63, 3.8) is 0 Å². The van der Waals surface area contributed by atoms with Crippen molar-refractivity contribution < 1.29 is 4.74 Å². The first-order chi connectivity index (χ1) is 8.67. The first kappa shape index (κ1) is 13.7. The van der Waals surface area contributed by atoms with E-state index in [1.54, 1.807) is 7.11 Å². The van der Waals surface area contributed by atoms with Crippen molar-refractivity contribution in [1.82, 2.24) is 4.90 Å². The van der Waals surface area contributed by atoms with Gasteiger partial charge in [-0.2, -0.15) is 0 Å². The second-order valence-electron chi connectivity index (χ2n) is 4.84. The Kier molecular flexibility index (Phi) is 4.49. The molecule has 1 aromatic carbocycles. The minimum atomic E-state index is 0.208. The first-order valence-corrected chi connectivity index (χ1v) is 6.83. The van der Waals surface area contributed by atoms with Crippen molar-refractivity contribution in [3.05, 3.63) is 28.3 Å². The summed E-state index contributed by atoms with van der Waals surface area (Å²) in [5, 5.41) is 0.751. The Bertz CT molecular complexity index is 417. The lowest BCUT2D eigenvalue weighted by atomic mass is 10.0. The van der Waals surface area contributed by atoms with Gasteiger partial charge in [0.2, 0.25) is 0 Å². The topological polar surface area (TPSA) is 38.5 Å². The number of methoxy groups -OCH3 is 1. The van der Waals surface area contributed by atoms with Gasteiger partial charge >= 0.3 is 0 Å². The molecule has 1 unspecified atom stereocenters. The number of nitrogens with two attached hydrogens (primary N) is 1. The SMILES string of the molecule is COc1c(C)cc(Cl)cc1C(CN)N1CCCC1. The molecule has 0 aliphatic carbocycles. The highest BCUT2D eigenvalue weighted by molar-refractivity contribution is 6.30. The summed E-state index contributed by atoms with van der Waals surface area (Å²) in [6.07, 6.45) is 2.50. The average Bonchev–Trinajstić information content (AvgIpc) is 2.83. The molecule has 1 atom stereocenters. The molecule has 0 saturated carbocycles. The van der Waals surface area contributed by atoms with Crippen molar-refractivity contribution in [2.24, 2.45) is 5.73 Å². The van der Waals surface area contributed by atoms with Crippen LogP contribution in [0.1, 0.15) is 30.0 Å². The fourth-order valence-electron chi connectivity index (χ4n) is 2.81. The smallest absolute Gasteiger partial charge is 0.126 e. The molecule has 1 saturated heterocycles. The number of benzene rings is 1. The minimum absolute atomic E-state index is 0.208. The molecule has 3 nitrogen and oxygen atoms in total. The molecule has 1 fully saturated rings. The van der Waals surface area contributed by atoms with E-state index < -0.39 is 0 Å². The first-order valence-electron chi connectivity index (χ1n) is 6.45. The highest BCUT2D eigenvalue weighted by Gasteiger charge is 2.25. The van der Waals surface area contributed by atoms with Crippen LogP contribution in [0.3, 0.4) is 0 Å². The quantitative estimate of drug-likeness (QED) is 0.913. The fraction of sp³-hybridized carbons (Fsp3) is 0.571. The Hall–Kier alpha value is -0.770. The number of halogens is 1. The summed E-state index contributed by atoms with van der Waals surface area (Å²) < 4.78 is 5.53. The third-order valence-electron chi connectivity index (χ3n) is 3.64. The van der Waals surface area contributed by atoms with Crippen molar-refractivity contribution in [2.45, 2.75) is 25.8 Å². The lowest BCUT2D eigenvalue weighted by Crippen LogP contribution is -2.31. The van der Waals surface area contributed by atoms with E-state index in [0.717, 1.165) is 35.0 Å². The zero-order valence-electron chi connectivity index (χ0n) is 11.1.